The summed E-state index contributed by atoms with van der Waals surface area (Å²) in [7, 11) is 2.10. The number of hydrogen-bond donors (Lipinski definition) is 0. The van der Waals surface area contributed by atoms with E-state index in [2.05, 4.69) is 73.7 Å². The summed E-state index contributed by atoms with van der Waals surface area (Å²) in [4.78, 5) is 0. The predicted octanol–water partition coefficient (Wildman–Crippen LogP) is 2.87. The standard InChI is InChI=1S/C14H19N2/c1-11(2)16-9-14(15(4)10-16)13-8-6-5-7-12(13)3/h5-11H,1-4H3/q+1. The Kier molecular flexibility index (Phi) is 2.82. The molecule has 0 bridgehead atoms. The normalized spacial score (nSPS) is 11.1. The Morgan fingerprint density at radius 1 is 1.19 bits per heavy atom. The molecule has 84 valence electrons. The fourth-order valence-electron chi connectivity index (χ4n) is 1.93. The molecule has 1 aromatic carbocycles. The van der Waals surface area contributed by atoms with E-state index in [-0.39, 0.29) is 0 Å². The zero-order chi connectivity index (χ0) is 11.7. The van der Waals surface area contributed by atoms with Crippen LogP contribution in [0.3, 0.4) is 0 Å². The molecule has 0 spiro atoms. The van der Waals surface area contributed by atoms with Crippen LogP contribution in [0.1, 0.15) is 25.5 Å². The topological polar surface area (TPSA) is 8.81 Å². The molecule has 2 heteroatoms. The lowest BCUT2D eigenvalue weighted by molar-refractivity contribution is -0.715. The highest BCUT2D eigenvalue weighted by molar-refractivity contribution is 5.62. The summed E-state index contributed by atoms with van der Waals surface area (Å²) in [6.45, 7) is 6.55. The van der Waals surface area contributed by atoms with Crippen LogP contribution in [0.4, 0.5) is 0 Å². The van der Waals surface area contributed by atoms with Gasteiger partial charge in [-0.05, 0) is 26.3 Å². The Bertz CT molecular complexity index is 495. The smallest absolute Gasteiger partial charge is 0.234 e. The summed E-state index contributed by atoms with van der Waals surface area (Å²) in [5.74, 6) is 0. The fourth-order valence-corrected chi connectivity index (χ4v) is 1.93. The first-order valence-corrected chi connectivity index (χ1v) is 5.72. The molecule has 2 nitrogen and oxygen atoms in total. The minimum absolute atomic E-state index is 0.504. The first kappa shape index (κ1) is 10.9. The number of imidazole rings is 1. The fraction of sp³-hybridized carbons (Fsp3) is 0.357. The molecule has 0 saturated heterocycles. The molecular weight excluding hydrogens is 196 g/mol. The number of hydrogen-bond acceptors (Lipinski definition) is 0. The van der Waals surface area contributed by atoms with Crippen molar-refractivity contribution >= 4 is 0 Å². The van der Waals surface area contributed by atoms with Gasteiger partial charge in [0, 0.05) is 5.56 Å². The van der Waals surface area contributed by atoms with E-state index in [1.54, 1.807) is 0 Å². The van der Waals surface area contributed by atoms with E-state index >= 15 is 0 Å². The summed E-state index contributed by atoms with van der Waals surface area (Å²) in [6, 6.07) is 9.01. The van der Waals surface area contributed by atoms with E-state index in [1.807, 2.05) is 0 Å². The average molecular weight is 215 g/mol. The van der Waals surface area contributed by atoms with Crippen molar-refractivity contribution < 1.29 is 4.57 Å². The maximum absolute atomic E-state index is 2.24. The SMILES string of the molecule is Cc1ccccc1-c1c[n+](C(C)C)cn1C. The van der Waals surface area contributed by atoms with Gasteiger partial charge in [-0.15, -0.1) is 0 Å². The Morgan fingerprint density at radius 2 is 1.88 bits per heavy atom. The van der Waals surface area contributed by atoms with Gasteiger partial charge in [-0.2, -0.15) is 0 Å². The van der Waals surface area contributed by atoms with E-state index in [4.69, 9.17) is 0 Å². The van der Waals surface area contributed by atoms with Crippen LogP contribution in [0.15, 0.2) is 36.8 Å². The Morgan fingerprint density at radius 3 is 2.44 bits per heavy atom. The summed E-state index contributed by atoms with van der Waals surface area (Å²) in [6.07, 6.45) is 4.36. The van der Waals surface area contributed by atoms with Gasteiger partial charge < -0.3 is 0 Å². The molecule has 0 N–H and O–H groups in total. The third-order valence-electron chi connectivity index (χ3n) is 2.98. The largest absolute Gasteiger partial charge is 0.244 e. The number of rotatable bonds is 2. The lowest BCUT2D eigenvalue weighted by atomic mass is 10.1. The van der Waals surface area contributed by atoms with Gasteiger partial charge in [0.2, 0.25) is 6.33 Å². The summed E-state index contributed by atoms with van der Waals surface area (Å²) >= 11 is 0. The Hall–Kier alpha value is -1.57. The van der Waals surface area contributed by atoms with Gasteiger partial charge in [-0.1, -0.05) is 24.3 Å². The zero-order valence-electron chi connectivity index (χ0n) is 10.4. The number of benzene rings is 1. The molecule has 0 saturated carbocycles. The Balaban J connectivity index is 2.52. The molecule has 0 aliphatic rings. The molecule has 2 aromatic rings. The van der Waals surface area contributed by atoms with Crippen molar-refractivity contribution in [3.05, 3.63) is 42.4 Å². The van der Waals surface area contributed by atoms with Crippen LogP contribution in [0.2, 0.25) is 0 Å². The second-order valence-corrected chi connectivity index (χ2v) is 4.60. The predicted molar refractivity (Wildman–Crippen MR) is 66.2 cm³/mol. The van der Waals surface area contributed by atoms with Crippen molar-refractivity contribution in [3.8, 4) is 11.3 Å². The van der Waals surface area contributed by atoms with E-state index in [9.17, 15) is 0 Å². The van der Waals surface area contributed by atoms with Gasteiger partial charge in [0.1, 0.15) is 6.20 Å². The average Bonchev–Trinajstić information content (AvgIpc) is 2.61. The minimum Gasteiger partial charge on any atom is -0.234 e. The minimum atomic E-state index is 0.504. The van der Waals surface area contributed by atoms with Crippen LogP contribution >= 0.6 is 0 Å². The second kappa shape index (κ2) is 4.12. The van der Waals surface area contributed by atoms with Crippen molar-refractivity contribution in [3.63, 3.8) is 0 Å². The van der Waals surface area contributed by atoms with Gasteiger partial charge in [-0.3, -0.25) is 0 Å². The molecule has 2 rings (SSSR count). The summed E-state index contributed by atoms with van der Waals surface area (Å²) < 4.78 is 4.42. The van der Waals surface area contributed by atoms with Crippen molar-refractivity contribution in [2.45, 2.75) is 26.8 Å². The Labute approximate surface area is 97.2 Å². The lowest BCUT2D eigenvalue weighted by Crippen LogP contribution is -2.33. The molecule has 0 amide bonds. The van der Waals surface area contributed by atoms with Crippen molar-refractivity contribution in [1.82, 2.24) is 4.57 Å². The molecule has 0 atom stereocenters. The van der Waals surface area contributed by atoms with Gasteiger partial charge in [0.25, 0.3) is 0 Å². The molecule has 0 fully saturated rings. The first-order valence-electron chi connectivity index (χ1n) is 5.72. The molecule has 1 aromatic heterocycles. The third-order valence-corrected chi connectivity index (χ3v) is 2.98. The molecule has 16 heavy (non-hydrogen) atoms. The van der Waals surface area contributed by atoms with E-state index < -0.39 is 0 Å². The van der Waals surface area contributed by atoms with Gasteiger partial charge in [-0.25, -0.2) is 9.13 Å². The van der Waals surface area contributed by atoms with Crippen LogP contribution < -0.4 is 4.57 Å². The van der Waals surface area contributed by atoms with Gasteiger partial charge in [0.15, 0.2) is 5.69 Å². The number of aromatic nitrogens is 2. The monoisotopic (exact) mass is 215 g/mol. The molecule has 0 aliphatic carbocycles. The van der Waals surface area contributed by atoms with Crippen molar-refractivity contribution in [2.24, 2.45) is 7.05 Å². The zero-order valence-corrected chi connectivity index (χ0v) is 10.4. The van der Waals surface area contributed by atoms with Crippen LogP contribution in [-0.2, 0) is 7.05 Å². The van der Waals surface area contributed by atoms with Gasteiger partial charge in [0.05, 0.1) is 13.1 Å². The van der Waals surface area contributed by atoms with Crippen LogP contribution in [0, 0.1) is 6.92 Å². The molecule has 0 radical (unpaired) electrons. The van der Waals surface area contributed by atoms with Crippen molar-refractivity contribution in [2.75, 3.05) is 0 Å². The first-order chi connectivity index (χ1) is 7.59. The summed E-state index contributed by atoms with van der Waals surface area (Å²) in [5.41, 5.74) is 3.90. The maximum Gasteiger partial charge on any atom is 0.244 e. The van der Waals surface area contributed by atoms with Crippen LogP contribution in [0.5, 0.6) is 0 Å². The lowest BCUT2D eigenvalue weighted by Gasteiger charge is -2.00. The van der Waals surface area contributed by atoms with Crippen LogP contribution in [-0.4, -0.2) is 4.57 Å². The van der Waals surface area contributed by atoms with Gasteiger partial charge >= 0.3 is 0 Å². The van der Waals surface area contributed by atoms with Crippen molar-refractivity contribution in [1.29, 1.82) is 0 Å². The molecule has 0 aliphatic heterocycles. The molecular formula is C14H19N2+. The molecule has 0 unspecified atom stereocenters. The van der Waals surface area contributed by atoms with E-state index in [0.717, 1.165) is 0 Å². The quantitative estimate of drug-likeness (QED) is 0.681. The number of aryl methyl sites for hydroxylation is 2. The third kappa shape index (κ3) is 1.87. The maximum atomic E-state index is 2.24. The molecule has 1 heterocycles. The summed E-state index contributed by atoms with van der Waals surface area (Å²) in [5, 5.41) is 0. The van der Waals surface area contributed by atoms with E-state index in [0.29, 0.717) is 6.04 Å². The van der Waals surface area contributed by atoms with E-state index in [1.165, 1.54) is 16.8 Å². The highest BCUT2D eigenvalue weighted by atomic mass is 15.1. The second-order valence-electron chi connectivity index (χ2n) is 4.60. The highest BCUT2D eigenvalue weighted by Gasteiger charge is 2.15. The number of nitrogens with zero attached hydrogens (tertiary/aromatic N) is 2. The van der Waals surface area contributed by atoms with Crippen LogP contribution in [0.25, 0.3) is 11.3 Å². The highest BCUT2D eigenvalue weighted by Crippen LogP contribution is 2.21.